The van der Waals surface area contributed by atoms with E-state index in [0.29, 0.717) is 5.41 Å². The van der Waals surface area contributed by atoms with Crippen LogP contribution in [0, 0.1) is 40.9 Å². The van der Waals surface area contributed by atoms with Crippen LogP contribution < -0.4 is 0 Å². The van der Waals surface area contributed by atoms with Crippen LogP contribution in [-0.4, -0.2) is 0 Å². The Morgan fingerprint density at radius 2 is 1.36 bits per heavy atom. The molecule has 4 fully saturated rings. The second-order valence-electron chi connectivity index (χ2n) is 9.93. The van der Waals surface area contributed by atoms with Gasteiger partial charge in [0.15, 0.2) is 0 Å². The first-order valence-corrected chi connectivity index (χ1v) is 10.5. The van der Waals surface area contributed by atoms with Gasteiger partial charge < -0.3 is 0 Å². The van der Waals surface area contributed by atoms with Gasteiger partial charge in [0, 0.05) is 0 Å². The van der Waals surface area contributed by atoms with E-state index in [4.69, 9.17) is 0 Å². The highest BCUT2D eigenvalue weighted by Gasteiger charge is 2.45. The molecule has 4 aliphatic carbocycles. The highest BCUT2D eigenvalue weighted by molar-refractivity contribution is 4.95. The lowest BCUT2D eigenvalue weighted by molar-refractivity contribution is 0.143. The van der Waals surface area contributed by atoms with Crippen molar-refractivity contribution >= 4 is 0 Å². The van der Waals surface area contributed by atoms with Crippen LogP contribution in [0.2, 0.25) is 0 Å². The van der Waals surface area contributed by atoms with Crippen molar-refractivity contribution in [1.82, 2.24) is 0 Å². The van der Waals surface area contributed by atoms with Gasteiger partial charge in [0.05, 0.1) is 0 Å². The van der Waals surface area contributed by atoms with E-state index in [2.05, 4.69) is 27.7 Å². The Balaban J connectivity index is 1.69. The Labute approximate surface area is 139 Å². The van der Waals surface area contributed by atoms with Gasteiger partial charge in [-0.2, -0.15) is 0 Å². The third kappa shape index (κ3) is 3.41. The lowest BCUT2D eigenvalue weighted by Gasteiger charge is -2.36. The van der Waals surface area contributed by atoms with E-state index in [1.165, 1.54) is 51.4 Å². The van der Waals surface area contributed by atoms with Gasteiger partial charge in [0.25, 0.3) is 0 Å². The summed E-state index contributed by atoms with van der Waals surface area (Å²) < 4.78 is 0. The highest BCUT2D eigenvalue weighted by atomic mass is 14.5. The molecule has 0 aromatic heterocycles. The van der Waals surface area contributed by atoms with Crippen molar-refractivity contribution in [3.05, 3.63) is 0 Å². The molecule has 4 saturated carbocycles. The molecule has 0 amide bonds. The first-order chi connectivity index (χ1) is 10.5. The zero-order chi connectivity index (χ0) is 15.7. The van der Waals surface area contributed by atoms with E-state index in [-0.39, 0.29) is 0 Å². The largest absolute Gasteiger partial charge is 0.0622 e. The number of hydrogen-bond donors (Lipinski definition) is 0. The molecule has 4 unspecified atom stereocenters. The fourth-order valence-corrected chi connectivity index (χ4v) is 6.40. The maximum absolute atomic E-state index is 2.58. The van der Waals surface area contributed by atoms with Gasteiger partial charge in [-0.1, -0.05) is 72.6 Å². The Hall–Kier alpha value is 0. The minimum atomic E-state index is 0.591. The fourth-order valence-electron chi connectivity index (χ4n) is 6.40. The lowest BCUT2D eigenvalue weighted by Crippen LogP contribution is -2.26. The number of rotatable bonds is 0. The van der Waals surface area contributed by atoms with Crippen LogP contribution in [0.4, 0.5) is 0 Å². The standard InChI is InChI=1S/C22H40/c1-16-14-18-10-12-19(16)8-6-5-7-9-20-15-21(13-11-18)22(3,4)17(20)2/h16-21H,5-15H2,1-4H3/t16-,17?,18?,19?,20?,21+/m0/s1. The normalized spacial score (nSPS) is 46.4. The van der Waals surface area contributed by atoms with E-state index in [9.17, 15) is 0 Å². The molecule has 128 valence electrons. The van der Waals surface area contributed by atoms with Gasteiger partial charge in [0.2, 0.25) is 0 Å². The van der Waals surface area contributed by atoms with Crippen molar-refractivity contribution in [2.75, 3.05) is 0 Å². The molecule has 0 saturated heterocycles. The Morgan fingerprint density at radius 1 is 0.682 bits per heavy atom. The molecule has 6 atom stereocenters. The Morgan fingerprint density at radius 3 is 2.09 bits per heavy atom. The lowest BCUT2D eigenvalue weighted by atomic mass is 9.69. The molecule has 0 aliphatic heterocycles. The highest BCUT2D eigenvalue weighted by Crippen LogP contribution is 2.54. The average Bonchev–Trinajstić information content (AvgIpc) is 2.69. The van der Waals surface area contributed by atoms with Gasteiger partial charge in [0.1, 0.15) is 0 Å². The topological polar surface area (TPSA) is 0 Å². The molecular formula is C22H40. The summed E-state index contributed by atoms with van der Waals surface area (Å²) >= 11 is 0. The molecule has 0 nitrogen and oxygen atoms in total. The predicted molar refractivity (Wildman–Crippen MR) is 96.9 cm³/mol. The third-order valence-electron chi connectivity index (χ3n) is 8.55. The zero-order valence-electron chi connectivity index (χ0n) is 15.7. The summed E-state index contributed by atoms with van der Waals surface area (Å²) in [6.45, 7) is 10.3. The fraction of sp³-hybridized carbons (Fsp3) is 1.00. The quantitative estimate of drug-likeness (QED) is 0.448. The second kappa shape index (κ2) is 6.86. The molecule has 0 N–H and O–H groups in total. The Kier molecular flexibility index (Phi) is 5.25. The summed E-state index contributed by atoms with van der Waals surface area (Å²) in [5, 5.41) is 0. The van der Waals surface area contributed by atoms with E-state index in [1.807, 2.05) is 0 Å². The first kappa shape index (κ1) is 16.8. The van der Waals surface area contributed by atoms with Crippen molar-refractivity contribution in [3.63, 3.8) is 0 Å². The predicted octanol–water partition coefficient (Wildman–Crippen LogP) is 7.08. The van der Waals surface area contributed by atoms with Gasteiger partial charge in [-0.05, 0) is 66.6 Å². The molecule has 0 aromatic carbocycles. The smallest absolute Gasteiger partial charge is 0.0297 e. The van der Waals surface area contributed by atoms with Crippen LogP contribution >= 0.6 is 0 Å². The summed E-state index contributed by atoms with van der Waals surface area (Å²) in [5.74, 6) is 6.09. The van der Waals surface area contributed by atoms with Gasteiger partial charge in [-0.3, -0.25) is 0 Å². The molecule has 4 aliphatic rings. The van der Waals surface area contributed by atoms with Crippen molar-refractivity contribution in [2.45, 2.75) is 98.3 Å². The minimum absolute atomic E-state index is 0.591. The first-order valence-electron chi connectivity index (χ1n) is 10.5. The summed E-state index contributed by atoms with van der Waals surface area (Å²) in [6.07, 6.45) is 16.8. The summed E-state index contributed by atoms with van der Waals surface area (Å²) in [7, 11) is 0. The molecule has 0 heteroatoms. The van der Waals surface area contributed by atoms with E-state index in [0.717, 1.165) is 35.5 Å². The molecule has 4 bridgehead atoms. The minimum Gasteiger partial charge on any atom is -0.0622 e. The SMILES string of the molecule is CC1C2CCCCCC3CCC(CC[C@H](C2)C1(C)C)C[C@@H]3C. The number of fused-ring (bicyclic) bond motifs is 7. The molecule has 4 rings (SSSR count). The van der Waals surface area contributed by atoms with E-state index in [1.54, 1.807) is 19.3 Å². The summed E-state index contributed by atoms with van der Waals surface area (Å²) in [4.78, 5) is 0. The van der Waals surface area contributed by atoms with Crippen LogP contribution in [0.1, 0.15) is 98.3 Å². The maximum Gasteiger partial charge on any atom is -0.0297 e. The van der Waals surface area contributed by atoms with Crippen molar-refractivity contribution in [1.29, 1.82) is 0 Å². The van der Waals surface area contributed by atoms with Crippen molar-refractivity contribution in [3.8, 4) is 0 Å². The molecule has 0 radical (unpaired) electrons. The molecule has 0 heterocycles. The monoisotopic (exact) mass is 304 g/mol. The molecule has 0 spiro atoms. The van der Waals surface area contributed by atoms with Crippen LogP contribution in [0.5, 0.6) is 0 Å². The van der Waals surface area contributed by atoms with Gasteiger partial charge in [-0.25, -0.2) is 0 Å². The van der Waals surface area contributed by atoms with Crippen molar-refractivity contribution in [2.24, 2.45) is 40.9 Å². The van der Waals surface area contributed by atoms with Gasteiger partial charge in [-0.15, -0.1) is 0 Å². The second-order valence-corrected chi connectivity index (χ2v) is 9.93. The van der Waals surface area contributed by atoms with Crippen LogP contribution in [0.25, 0.3) is 0 Å². The van der Waals surface area contributed by atoms with Gasteiger partial charge >= 0.3 is 0 Å². The van der Waals surface area contributed by atoms with Crippen LogP contribution in [0.15, 0.2) is 0 Å². The molecular weight excluding hydrogens is 264 g/mol. The summed E-state index contributed by atoms with van der Waals surface area (Å²) in [6, 6.07) is 0. The molecule has 0 aromatic rings. The summed E-state index contributed by atoms with van der Waals surface area (Å²) in [5.41, 5.74) is 0.591. The van der Waals surface area contributed by atoms with E-state index < -0.39 is 0 Å². The molecule has 22 heavy (non-hydrogen) atoms. The average molecular weight is 305 g/mol. The van der Waals surface area contributed by atoms with Crippen LogP contribution in [-0.2, 0) is 0 Å². The maximum atomic E-state index is 2.58. The Bertz CT molecular complexity index is 355. The third-order valence-corrected chi connectivity index (χ3v) is 8.55. The van der Waals surface area contributed by atoms with Crippen LogP contribution in [0.3, 0.4) is 0 Å². The van der Waals surface area contributed by atoms with Crippen molar-refractivity contribution < 1.29 is 0 Å². The zero-order valence-corrected chi connectivity index (χ0v) is 15.7. The van der Waals surface area contributed by atoms with E-state index >= 15 is 0 Å². The number of hydrogen-bond acceptors (Lipinski definition) is 0.